The third-order valence-corrected chi connectivity index (χ3v) is 3.26. The van der Waals surface area contributed by atoms with Crippen LogP contribution in [0.3, 0.4) is 0 Å². The smallest absolute Gasteiger partial charge is 0.240 e. The highest BCUT2D eigenvalue weighted by Crippen LogP contribution is 2.26. The molecule has 4 nitrogen and oxygen atoms in total. The van der Waals surface area contributed by atoms with E-state index in [0.717, 1.165) is 12.8 Å². The van der Waals surface area contributed by atoms with Crippen molar-refractivity contribution in [3.05, 3.63) is 12.1 Å². The van der Waals surface area contributed by atoms with Gasteiger partial charge in [0.2, 0.25) is 11.8 Å². The fraction of sp³-hybridized carbons (Fsp3) is 0.667. The lowest BCUT2D eigenvalue weighted by atomic mass is 9.98. The summed E-state index contributed by atoms with van der Waals surface area (Å²) >= 11 is 0. The second-order valence-electron chi connectivity index (χ2n) is 5.63. The van der Waals surface area contributed by atoms with Gasteiger partial charge in [0.15, 0.2) is 0 Å². The Morgan fingerprint density at radius 3 is 2.68 bits per heavy atom. The monoisotopic (exact) mass is 264 g/mol. The van der Waals surface area contributed by atoms with Crippen molar-refractivity contribution >= 4 is 5.69 Å². The summed E-state index contributed by atoms with van der Waals surface area (Å²) in [7, 11) is 0. The number of hydrogen-bond donors (Lipinski definition) is 1. The van der Waals surface area contributed by atoms with Crippen LogP contribution in [0, 0.1) is 5.92 Å². The second kappa shape index (κ2) is 6.64. The second-order valence-corrected chi connectivity index (χ2v) is 5.63. The fourth-order valence-electron chi connectivity index (χ4n) is 2.21. The lowest BCUT2D eigenvalue weighted by molar-refractivity contribution is 0.146. The first-order valence-corrected chi connectivity index (χ1v) is 7.21. The molecular weight excluding hydrogens is 240 g/mol. The van der Waals surface area contributed by atoms with Gasteiger partial charge in [-0.1, -0.05) is 20.3 Å². The van der Waals surface area contributed by atoms with Crippen molar-refractivity contribution < 1.29 is 9.47 Å². The molecule has 1 aliphatic carbocycles. The number of nitrogens with zero attached hydrogens (tertiary/aromatic N) is 1. The zero-order chi connectivity index (χ0) is 13.7. The predicted molar refractivity (Wildman–Crippen MR) is 76.5 cm³/mol. The quantitative estimate of drug-likeness (QED) is 0.885. The minimum absolute atomic E-state index is 0.294. The molecule has 106 valence electrons. The van der Waals surface area contributed by atoms with Gasteiger partial charge in [0, 0.05) is 6.07 Å². The van der Waals surface area contributed by atoms with E-state index < -0.39 is 0 Å². The number of nitrogens with two attached hydrogens (primary N) is 1. The van der Waals surface area contributed by atoms with Crippen LogP contribution in [0.1, 0.15) is 46.0 Å². The average molecular weight is 264 g/mol. The molecule has 0 radical (unpaired) electrons. The molecular formula is C15H24N2O2. The fourth-order valence-corrected chi connectivity index (χ4v) is 2.21. The van der Waals surface area contributed by atoms with Gasteiger partial charge in [-0.2, -0.15) is 4.98 Å². The predicted octanol–water partition coefficient (Wildman–Crippen LogP) is 3.41. The van der Waals surface area contributed by atoms with E-state index in [1.54, 1.807) is 6.07 Å². The number of nitrogen functional groups attached to an aromatic ring is 1. The molecule has 4 heteroatoms. The van der Waals surface area contributed by atoms with Crippen molar-refractivity contribution in [2.45, 2.75) is 52.1 Å². The van der Waals surface area contributed by atoms with Crippen LogP contribution in [0.15, 0.2) is 12.1 Å². The maximum Gasteiger partial charge on any atom is 0.240 e. The maximum absolute atomic E-state index is 5.91. The number of hydrogen-bond acceptors (Lipinski definition) is 4. The van der Waals surface area contributed by atoms with Gasteiger partial charge >= 0.3 is 0 Å². The van der Waals surface area contributed by atoms with Gasteiger partial charge in [-0.25, -0.2) is 0 Å². The summed E-state index contributed by atoms with van der Waals surface area (Å²) in [5, 5.41) is 0. The molecule has 0 aromatic carbocycles. The van der Waals surface area contributed by atoms with Crippen LogP contribution in [0.25, 0.3) is 0 Å². The Morgan fingerprint density at radius 2 is 2.00 bits per heavy atom. The van der Waals surface area contributed by atoms with Gasteiger partial charge in [-0.3, -0.25) is 0 Å². The summed E-state index contributed by atoms with van der Waals surface area (Å²) in [6.45, 7) is 4.81. The van der Waals surface area contributed by atoms with Gasteiger partial charge in [0.05, 0.1) is 12.3 Å². The Kier molecular flexibility index (Phi) is 4.88. The molecule has 0 aliphatic heterocycles. The largest absolute Gasteiger partial charge is 0.476 e. The van der Waals surface area contributed by atoms with E-state index in [-0.39, 0.29) is 0 Å². The highest BCUT2D eigenvalue weighted by atomic mass is 16.5. The summed E-state index contributed by atoms with van der Waals surface area (Å²) in [6, 6.07) is 3.63. The Labute approximate surface area is 115 Å². The van der Waals surface area contributed by atoms with Gasteiger partial charge < -0.3 is 15.2 Å². The molecule has 0 unspecified atom stereocenters. The van der Waals surface area contributed by atoms with E-state index in [9.17, 15) is 0 Å². The lowest BCUT2D eigenvalue weighted by Crippen LogP contribution is -2.20. The Balaban J connectivity index is 1.98. The minimum atomic E-state index is 0.294. The summed E-state index contributed by atoms with van der Waals surface area (Å²) in [5.41, 5.74) is 6.43. The summed E-state index contributed by atoms with van der Waals surface area (Å²) < 4.78 is 11.5. The molecule has 2 N–H and O–H groups in total. The van der Waals surface area contributed by atoms with E-state index >= 15 is 0 Å². The van der Waals surface area contributed by atoms with Crippen LogP contribution in [0.5, 0.6) is 11.8 Å². The van der Waals surface area contributed by atoms with Gasteiger partial charge in [0.1, 0.15) is 6.10 Å². The molecule has 0 amide bonds. The third-order valence-electron chi connectivity index (χ3n) is 3.26. The van der Waals surface area contributed by atoms with E-state index in [4.69, 9.17) is 15.2 Å². The van der Waals surface area contributed by atoms with E-state index in [2.05, 4.69) is 18.8 Å². The average Bonchev–Trinajstić information content (AvgIpc) is 2.40. The van der Waals surface area contributed by atoms with Crippen molar-refractivity contribution in [1.82, 2.24) is 4.98 Å². The molecule has 1 aromatic heterocycles. The van der Waals surface area contributed by atoms with Crippen molar-refractivity contribution in [2.24, 2.45) is 5.92 Å². The molecule has 19 heavy (non-hydrogen) atoms. The van der Waals surface area contributed by atoms with E-state index in [0.29, 0.717) is 36.1 Å². The number of aromatic nitrogens is 1. The normalized spacial score (nSPS) is 16.6. The van der Waals surface area contributed by atoms with Crippen LogP contribution in [-0.4, -0.2) is 17.7 Å². The van der Waals surface area contributed by atoms with Crippen LogP contribution in [-0.2, 0) is 0 Å². The minimum Gasteiger partial charge on any atom is -0.476 e. The molecule has 1 saturated carbocycles. The SMILES string of the molecule is CC(C)COc1nc(OC2CCCCC2)ccc1N. The van der Waals surface area contributed by atoms with Gasteiger partial charge in [0.25, 0.3) is 0 Å². The Bertz CT molecular complexity index is 401. The van der Waals surface area contributed by atoms with Gasteiger partial charge in [-0.15, -0.1) is 0 Å². The van der Waals surface area contributed by atoms with Crippen molar-refractivity contribution in [3.63, 3.8) is 0 Å². The molecule has 0 spiro atoms. The molecule has 1 aliphatic rings. The van der Waals surface area contributed by atoms with E-state index in [1.807, 2.05) is 6.07 Å². The topological polar surface area (TPSA) is 57.4 Å². The first kappa shape index (κ1) is 14.0. The zero-order valence-corrected chi connectivity index (χ0v) is 11.9. The first-order chi connectivity index (χ1) is 9.15. The number of ether oxygens (including phenoxy) is 2. The summed E-state index contributed by atoms with van der Waals surface area (Å²) in [4.78, 5) is 4.37. The summed E-state index contributed by atoms with van der Waals surface area (Å²) in [6.07, 6.45) is 6.34. The van der Waals surface area contributed by atoms with Crippen molar-refractivity contribution in [2.75, 3.05) is 12.3 Å². The molecule has 1 fully saturated rings. The summed E-state index contributed by atoms with van der Waals surface area (Å²) in [5.74, 6) is 1.56. The number of anilines is 1. The number of pyridine rings is 1. The molecule has 2 rings (SSSR count). The molecule has 1 heterocycles. The van der Waals surface area contributed by atoms with Gasteiger partial charge in [-0.05, 0) is 37.7 Å². The van der Waals surface area contributed by atoms with E-state index in [1.165, 1.54) is 19.3 Å². The molecule has 0 saturated heterocycles. The van der Waals surface area contributed by atoms with Crippen LogP contribution >= 0.6 is 0 Å². The third kappa shape index (κ3) is 4.30. The molecule has 0 bridgehead atoms. The van der Waals surface area contributed by atoms with Crippen molar-refractivity contribution in [1.29, 1.82) is 0 Å². The highest BCUT2D eigenvalue weighted by Gasteiger charge is 2.16. The molecule has 0 atom stereocenters. The highest BCUT2D eigenvalue weighted by molar-refractivity contribution is 5.49. The van der Waals surface area contributed by atoms with Crippen LogP contribution in [0.4, 0.5) is 5.69 Å². The van der Waals surface area contributed by atoms with Crippen molar-refractivity contribution in [3.8, 4) is 11.8 Å². The van der Waals surface area contributed by atoms with Crippen LogP contribution in [0.2, 0.25) is 0 Å². The van der Waals surface area contributed by atoms with Crippen LogP contribution < -0.4 is 15.2 Å². The Morgan fingerprint density at radius 1 is 1.26 bits per heavy atom. The lowest BCUT2D eigenvalue weighted by Gasteiger charge is -2.22. The molecule has 1 aromatic rings. The number of rotatable bonds is 5. The first-order valence-electron chi connectivity index (χ1n) is 7.21. The maximum atomic E-state index is 5.91. The standard InChI is InChI=1S/C15H24N2O2/c1-11(2)10-18-15-13(16)8-9-14(17-15)19-12-6-4-3-5-7-12/h8-9,11-12H,3-7,10,16H2,1-2H3. The zero-order valence-electron chi connectivity index (χ0n) is 11.9. The Hall–Kier alpha value is -1.45.